The quantitative estimate of drug-likeness (QED) is 0.506. The molecule has 0 bridgehead atoms. The number of aliphatic hydroxyl groups excluding tert-OH is 1. The van der Waals surface area contributed by atoms with E-state index in [4.69, 9.17) is 4.74 Å². The molecule has 30 heavy (non-hydrogen) atoms. The molecule has 0 saturated heterocycles. The molecule has 2 aromatic rings. The summed E-state index contributed by atoms with van der Waals surface area (Å²) in [7, 11) is -3.21. The van der Waals surface area contributed by atoms with Crippen LogP contribution in [0.4, 0.5) is 0 Å². The average Bonchev–Trinajstić information content (AvgIpc) is 2.91. The number of aryl methyl sites for hydroxylation is 1. The van der Waals surface area contributed by atoms with Crippen LogP contribution in [-0.2, 0) is 29.4 Å². The van der Waals surface area contributed by atoms with E-state index in [2.05, 4.69) is 22.2 Å². The first-order valence-electron chi connectivity index (χ1n) is 10.0. The number of rotatable bonds is 9. The van der Waals surface area contributed by atoms with Gasteiger partial charge in [-0.15, -0.1) is 12.4 Å². The zero-order chi connectivity index (χ0) is 20.7. The number of para-hydroxylation sites is 1. The third-order valence-electron chi connectivity index (χ3n) is 5.10. The molecule has 3 rings (SSSR count). The molecule has 0 radical (unpaired) electrons. The van der Waals surface area contributed by atoms with Gasteiger partial charge in [0, 0.05) is 19.1 Å². The predicted molar refractivity (Wildman–Crippen MR) is 122 cm³/mol. The van der Waals surface area contributed by atoms with Crippen LogP contribution in [0.15, 0.2) is 48.5 Å². The van der Waals surface area contributed by atoms with Gasteiger partial charge in [-0.3, -0.25) is 0 Å². The zero-order valence-electron chi connectivity index (χ0n) is 17.2. The molecule has 0 spiro atoms. The Morgan fingerprint density at radius 2 is 1.93 bits per heavy atom. The van der Waals surface area contributed by atoms with Gasteiger partial charge in [0.15, 0.2) is 0 Å². The van der Waals surface area contributed by atoms with Crippen molar-refractivity contribution < 1.29 is 18.3 Å². The van der Waals surface area contributed by atoms with Crippen molar-refractivity contribution in [1.29, 1.82) is 0 Å². The van der Waals surface area contributed by atoms with Crippen LogP contribution in [0.1, 0.15) is 29.5 Å². The van der Waals surface area contributed by atoms with Gasteiger partial charge in [-0.2, -0.15) is 0 Å². The van der Waals surface area contributed by atoms with Crippen molar-refractivity contribution in [2.45, 2.75) is 44.4 Å². The number of nitrogens with one attached hydrogen (secondary N) is 2. The Bertz CT molecular complexity index is 893. The summed E-state index contributed by atoms with van der Waals surface area (Å²) in [6, 6.07) is 16.0. The van der Waals surface area contributed by atoms with Crippen molar-refractivity contribution in [3.8, 4) is 5.75 Å². The van der Waals surface area contributed by atoms with Gasteiger partial charge in [-0.25, -0.2) is 13.1 Å². The minimum atomic E-state index is -3.21. The van der Waals surface area contributed by atoms with Crippen molar-refractivity contribution in [3.63, 3.8) is 0 Å². The molecule has 0 amide bonds. The van der Waals surface area contributed by atoms with Crippen LogP contribution >= 0.6 is 12.4 Å². The van der Waals surface area contributed by atoms with Crippen LogP contribution in [0.2, 0.25) is 0 Å². The second-order valence-electron chi connectivity index (χ2n) is 7.68. The lowest BCUT2D eigenvalue weighted by atomic mass is 9.99. The summed E-state index contributed by atoms with van der Waals surface area (Å²) in [6.07, 6.45) is 4.60. The van der Waals surface area contributed by atoms with Gasteiger partial charge in [-0.05, 0) is 54.5 Å². The van der Waals surface area contributed by atoms with Gasteiger partial charge >= 0.3 is 0 Å². The van der Waals surface area contributed by atoms with Crippen molar-refractivity contribution in [1.82, 2.24) is 10.0 Å². The van der Waals surface area contributed by atoms with Crippen molar-refractivity contribution in [2.24, 2.45) is 0 Å². The predicted octanol–water partition coefficient (Wildman–Crippen LogP) is 2.43. The maximum Gasteiger partial charge on any atom is 0.209 e. The topological polar surface area (TPSA) is 87.7 Å². The average molecular weight is 455 g/mol. The van der Waals surface area contributed by atoms with Crippen LogP contribution in [-0.4, -0.2) is 45.1 Å². The lowest BCUT2D eigenvalue weighted by Gasteiger charge is -2.20. The third-order valence-corrected chi connectivity index (χ3v) is 5.77. The summed E-state index contributed by atoms with van der Waals surface area (Å²) in [6.45, 7) is 1.03. The van der Waals surface area contributed by atoms with Crippen LogP contribution in [0.5, 0.6) is 5.75 Å². The molecule has 2 atom stereocenters. The van der Waals surface area contributed by atoms with E-state index in [0.717, 1.165) is 37.0 Å². The highest BCUT2D eigenvalue weighted by Gasteiger charge is 2.18. The van der Waals surface area contributed by atoms with E-state index in [9.17, 15) is 13.5 Å². The largest absolute Gasteiger partial charge is 0.491 e. The molecule has 166 valence electrons. The number of hydrogen-bond donors (Lipinski definition) is 3. The minimum Gasteiger partial charge on any atom is -0.491 e. The molecule has 0 fully saturated rings. The summed E-state index contributed by atoms with van der Waals surface area (Å²) >= 11 is 0. The normalized spacial score (nSPS) is 17.3. The van der Waals surface area contributed by atoms with Crippen LogP contribution in [0, 0.1) is 0 Å². The first kappa shape index (κ1) is 24.6. The maximum absolute atomic E-state index is 11.3. The fourth-order valence-electron chi connectivity index (χ4n) is 3.59. The molecule has 1 aliphatic rings. The summed E-state index contributed by atoms with van der Waals surface area (Å²) < 4.78 is 30.8. The van der Waals surface area contributed by atoms with Crippen LogP contribution in [0.3, 0.4) is 0 Å². The molecule has 0 aromatic heterocycles. The molecule has 1 aliphatic carbocycles. The number of halogens is 1. The van der Waals surface area contributed by atoms with Crippen LogP contribution < -0.4 is 14.8 Å². The summed E-state index contributed by atoms with van der Waals surface area (Å²) in [5, 5.41) is 13.7. The van der Waals surface area contributed by atoms with E-state index in [0.29, 0.717) is 13.1 Å². The van der Waals surface area contributed by atoms with Crippen molar-refractivity contribution in [3.05, 3.63) is 65.2 Å². The number of fused-ring (bicyclic) bond motifs is 1. The number of sulfonamides is 1. The van der Waals surface area contributed by atoms with Gasteiger partial charge in [-0.1, -0.05) is 36.4 Å². The first-order valence-corrected chi connectivity index (χ1v) is 11.9. The van der Waals surface area contributed by atoms with Gasteiger partial charge < -0.3 is 15.2 Å². The van der Waals surface area contributed by atoms with E-state index < -0.39 is 16.1 Å². The van der Waals surface area contributed by atoms with Gasteiger partial charge in [0.05, 0.1) is 6.26 Å². The van der Waals surface area contributed by atoms with Gasteiger partial charge in [0.1, 0.15) is 18.5 Å². The van der Waals surface area contributed by atoms with Crippen molar-refractivity contribution >= 4 is 22.4 Å². The first-order chi connectivity index (χ1) is 13.9. The second-order valence-corrected chi connectivity index (χ2v) is 9.51. The maximum atomic E-state index is 11.3. The Morgan fingerprint density at radius 1 is 1.17 bits per heavy atom. The third kappa shape index (κ3) is 8.24. The Morgan fingerprint density at radius 3 is 2.67 bits per heavy atom. The van der Waals surface area contributed by atoms with E-state index in [1.54, 1.807) is 0 Å². The Hall–Kier alpha value is -1.64. The molecular formula is C22H31ClN2O4S. The summed E-state index contributed by atoms with van der Waals surface area (Å²) in [4.78, 5) is 0. The molecular weight excluding hydrogens is 424 g/mol. The molecule has 8 heteroatoms. The molecule has 6 nitrogen and oxygen atoms in total. The van der Waals surface area contributed by atoms with E-state index in [1.807, 2.05) is 36.4 Å². The molecule has 0 heterocycles. The number of hydrogen-bond acceptors (Lipinski definition) is 5. The van der Waals surface area contributed by atoms with Crippen LogP contribution in [0.25, 0.3) is 0 Å². The minimum absolute atomic E-state index is 0. The number of aliphatic hydroxyl groups is 1. The molecule has 1 unspecified atom stereocenters. The SMILES string of the molecule is CS(=O)(=O)NCc1ccc2c(c1)CC(NC[C@H](O)COc1ccccc1)CCC2.Cl. The van der Waals surface area contributed by atoms with Gasteiger partial charge in [0.2, 0.25) is 10.0 Å². The molecule has 2 aromatic carbocycles. The summed E-state index contributed by atoms with van der Waals surface area (Å²) in [5.74, 6) is 0.755. The Balaban J connectivity index is 0.00000320. The lowest BCUT2D eigenvalue weighted by molar-refractivity contribution is 0.103. The zero-order valence-corrected chi connectivity index (χ0v) is 18.8. The van der Waals surface area contributed by atoms with Crippen molar-refractivity contribution in [2.75, 3.05) is 19.4 Å². The monoisotopic (exact) mass is 454 g/mol. The van der Waals surface area contributed by atoms with E-state index >= 15 is 0 Å². The van der Waals surface area contributed by atoms with E-state index in [-0.39, 0.29) is 25.1 Å². The molecule has 3 N–H and O–H groups in total. The molecule has 0 aliphatic heterocycles. The smallest absolute Gasteiger partial charge is 0.209 e. The Kier molecular flexibility index (Phi) is 9.58. The van der Waals surface area contributed by atoms with E-state index in [1.165, 1.54) is 17.4 Å². The fourth-order valence-corrected chi connectivity index (χ4v) is 4.02. The second kappa shape index (κ2) is 11.7. The lowest BCUT2D eigenvalue weighted by Crippen LogP contribution is -2.39. The standard InChI is InChI=1S/C22H30N2O4S.ClH/c1-29(26,27)24-14-17-10-11-18-6-5-7-20(13-19(18)12-17)23-15-21(25)16-28-22-8-3-2-4-9-22;/h2-4,8-12,20-21,23-25H,5-7,13-16H2,1H3;1H/t20?,21-;/m0./s1. The Labute approximate surface area is 185 Å². The molecule has 0 saturated carbocycles. The highest BCUT2D eigenvalue weighted by atomic mass is 35.5. The fraction of sp³-hybridized carbons (Fsp3) is 0.455. The highest BCUT2D eigenvalue weighted by Crippen LogP contribution is 2.22. The number of benzene rings is 2. The number of ether oxygens (including phenoxy) is 1. The summed E-state index contributed by atoms with van der Waals surface area (Å²) in [5.41, 5.74) is 3.54. The highest BCUT2D eigenvalue weighted by molar-refractivity contribution is 7.88. The van der Waals surface area contributed by atoms with Gasteiger partial charge in [0.25, 0.3) is 0 Å².